The number of aliphatic imine (C=N–C) groups is 1. The Labute approximate surface area is 188 Å². The van der Waals surface area contributed by atoms with Gasteiger partial charge < -0.3 is 0 Å². The summed E-state index contributed by atoms with van der Waals surface area (Å²) in [4.78, 5) is 20.9. The maximum absolute atomic E-state index is 11.0. The molecule has 0 aliphatic rings. The molecule has 0 saturated heterocycles. The third-order valence-electron chi connectivity index (χ3n) is 4.79. The molecular formula is C24H18ClN3O2S. The lowest BCUT2D eigenvalue weighted by molar-refractivity contribution is -0.384. The van der Waals surface area contributed by atoms with Gasteiger partial charge in [-0.1, -0.05) is 58.8 Å². The van der Waals surface area contributed by atoms with Gasteiger partial charge in [0.05, 0.1) is 15.5 Å². The number of hydrogen-bond donors (Lipinski definition) is 0. The van der Waals surface area contributed by atoms with Gasteiger partial charge in [0.2, 0.25) is 5.13 Å². The zero-order valence-electron chi connectivity index (χ0n) is 16.9. The monoisotopic (exact) mass is 447 g/mol. The Hall–Kier alpha value is -3.35. The average Bonchev–Trinajstić information content (AvgIpc) is 3.17. The molecule has 0 aliphatic carbocycles. The number of nitrogens with zero attached hydrogens (tertiary/aromatic N) is 3. The van der Waals surface area contributed by atoms with E-state index in [2.05, 4.69) is 37.0 Å². The zero-order valence-corrected chi connectivity index (χ0v) is 18.4. The summed E-state index contributed by atoms with van der Waals surface area (Å²) < 4.78 is 0. The first-order chi connectivity index (χ1) is 14.9. The van der Waals surface area contributed by atoms with Gasteiger partial charge >= 0.3 is 0 Å². The molecule has 3 aromatic carbocycles. The lowest BCUT2D eigenvalue weighted by Gasteiger charge is -2.07. The van der Waals surface area contributed by atoms with E-state index in [-0.39, 0.29) is 5.69 Å². The van der Waals surface area contributed by atoms with Crippen molar-refractivity contribution in [1.82, 2.24) is 4.98 Å². The summed E-state index contributed by atoms with van der Waals surface area (Å²) >= 11 is 7.40. The molecule has 0 fully saturated rings. The van der Waals surface area contributed by atoms with Gasteiger partial charge in [-0.15, -0.1) is 0 Å². The molecular weight excluding hydrogens is 430 g/mol. The molecule has 154 valence electrons. The highest BCUT2D eigenvalue weighted by molar-refractivity contribution is 7.19. The van der Waals surface area contributed by atoms with Crippen molar-refractivity contribution in [2.24, 2.45) is 4.99 Å². The van der Waals surface area contributed by atoms with Crippen LogP contribution in [0.25, 0.3) is 21.7 Å². The first kappa shape index (κ1) is 20.9. The second-order valence-corrected chi connectivity index (χ2v) is 8.52. The Bertz CT molecular complexity index is 1280. The molecule has 0 aliphatic heterocycles. The van der Waals surface area contributed by atoms with Gasteiger partial charge in [-0.05, 0) is 54.8 Å². The van der Waals surface area contributed by atoms with Crippen LogP contribution in [-0.2, 0) is 0 Å². The van der Waals surface area contributed by atoms with E-state index in [1.54, 1.807) is 18.3 Å². The van der Waals surface area contributed by atoms with Crippen molar-refractivity contribution in [3.8, 4) is 21.7 Å². The van der Waals surface area contributed by atoms with Crippen LogP contribution in [0.3, 0.4) is 0 Å². The second-order valence-electron chi connectivity index (χ2n) is 7.11. The van der Waals surface area contributed by atoms with Crippen LogP contribution in [-0.4, -0.2) is 16.1 Å². The van der Waals surface area contributed by atoms with Crippen molar-refractivity contribution in [1.29, 1.82) is 0 Å². The summed E-state index contributed by atoms with van der Waals surface area (Å²) in [7, 11) is 0. The summed E-state index contributed by atoms with van der Waals surface area (Å²) in [5, 5.41) is 12.3. The third kappa shape index (κ3) is 4.71. The molecule has 7 heteroatoms. The molecule has 0 atom stereocenters. The SMILES string of the molecule is Cc1ccc(-c2nc(N=Cc3ccc(Cl)cc3)sc2-c2ccc([N+](=O)[O-])cc2)c(C)c1. The number of halogens is 1. The van der Waals surface area contributed by atoms with Crippen LogP contribution in [0, 0.1) is 24.0 Å². The van der Waals surface area contributed by atoms with Crippen LogP contribution >= 0.6 is 22.9 Å². The summed E-state index contributed by atoms with van der Waals surface area (Å²) in [5.41, 5.74) is 5.97. The van der Waals surface area contributed by atoms with E-state index in [0.29, 0.717) is 10.2 Å². The molecule has 0 bridgehead atoms. The van der Waals surface area contributed by atoms with Crippen LogP contribution in [0.4, 0.5) is 10.8 Å². The van der Waals surface area contributed by atoms with E-state index in [0.717, 1.165) is 32.8 Å². The molecule has 4 rings (SSSR count). The van der Waals surface area contributed by atoms with Crippen molar-refractivity contribution in [2.75, 3.05) is 0 Å². The highest BCUT2D eigenvalue weighted by Gasteiger charge is 2.17. The fourth-order valence-corrected chi connectivity index (χ4v) is 4.29. The van der Waals surface area contributed by atoms with Crippen LogP contribution in [0.2, 0.25) is 5.02 Å². The number of aryl methyl sites for hydroxylation is 2. The lowest BCUT2D eigenvalue weighted by Crippen LogP contribution is -1.89. The number of thiazole rings is 1. The Morgan fingerprint density at radius 3 is 2.39 bits per heavy atom. The Morgan fingerprint density at radius 2 is 1.74 bits per heavy atom. The van der Waals surface area contributed by atoms with E-state index in [4.69, 9.17) is 16.6 Å². The third-order valence-corrected chi connectivity index (χ3v) is 6.05. The lowest BCUT2D eigenvalue weighted by atomic mass is 10.0. The minimum Gasteiger partial charge on any atom is -0.258 e. The number of rotatable bonds is 5. The normalized spacial score (nSPS) is 11.2. The van der Waals surface area contributed by atoms with Gasteiger partial charge in [0.1, 0.15) is 0 Å². The molecule has 31 heavy (non-hydrogen) atoms. The molecule has 0 unspecified atom stereocenters. The molecule has 0 spiro atoms. The summed E-state index contributed by atoms with van der Waals surface area (Å²) in [5.74, 6) is 0. The van der Waals surface area contributed by atoms with Crippen molar-refractivity contribution in [3.05, 3.63) is 98.6 Å². The topological polar surface area (TPSA) is 68.4 Å². The van der Waals surface area contributed by atoms with Gasteiger partial charge in [-0.2, -0.15) is 0 Å². The molecule has 4 aromatic rings. The molecule has 0 N–H and O–H groups in total. The molecule has 5 nitrogen and oxygen atoms in total. The minimum absolute atomic E-state index is 0.0577. The number of aromatic nitrogens is 1. The first-order valence-electron chi connectivity index (χ1n) is 9.53. The van der Waals surface area contributed by atoms with Crippen molar-refractivity contribution in [3.63, 3.8) is 0 Å². The van der Waals surface area contributed by atoms with Gasteiger partial charge in [0, 0.05) is 28.9 Å². The summed E-state index contributed by atoms with van der Waals surface area (Å²) in [6.07, 6.45) is 1.75. The molecule has 1 aromatic heterocycles. The molecule has 0 amide bonds. The number of hydrogen-bond acceptors (Lipinski definition) is 5. The maximum Gasteiger partial charge on any atom is 0.269 e. The Morgan fingerprint density at radius 1 is 1.03 bits per heavy atom. The van der Waals surface area contributed by atoms with E-state index in [9.17, 15) is 10.1 Å². The number of benzene rings is 3. The van der Waals surface area contributed by atoms with E-state index in [1.165, 1.54) is 29.0 Å². The minimum atomic E-state index is -0.399. The number of non-ortho nitro benzene ring substituents is 1. The quantitative estimate of drug-likeness (QED) is 0.182. The predicted octanol–water partition coefficient (Wildman–Crippen LogP) is 7.41. The summed E-state index contributed by atoms with van der Waals surface area (Å²) in [6, 6.07) is 20.2. The smallest absolute Gasteiger partial charge is 0.258 e. The Balaban J connectivity index is 1.79. The molecule has 0 radical (unpaired) electrons. The van der Waals surface area contributed by atoms with Crippen LogP contribution in [0.1, 0.15) is 16.7 Å². The standard InChI is InChI=1S/C24H18ClN3O2S/c1-15-3-12-21(16(2)13-15)22-23(18-6-10-20(11-7-18)28(29)30)31-24(27-22)26-14-17-4-8-19(25)9-5-17/h3-14H,1-2H3. The Kier molecular flexibility index (Phi) is 5.93. The fraction of sp³-hybridized carbons (Fsp3) is 0.0833. The number of nitro groups is 1. The predicted molar refractivity (Wildman–Crippen MR) is 128 cm³/mol. The molecule has 1 heterocycles. The largest absolute Gasteiger partial charge is 0.269 e. The molecule has 0 saturated carbocycles. The van der Waals surface area contributed by atoms with E-state index < -0.39 is 4.92 Å². The number of nitro benzene ring substituents is 1. The van der Waals surface area contributed by atoms with Crippen LogP contribution in [0.15, 0.2) is 71.7 Å². The van der Waals surface area contributed by atoms with Gasteiger partial charge in [-0.3, -0.25) is 10.1 Å². The highest BCUT2D eigenvalue weighted by Crippen LogP contribution is 2.41. The van der Waals surface area contributed by atoms with Crippen molar-refractivity contribution >= 4 is 40.0 Å². The highest BCUT2D eigenvalue weighted by atomic mass is 35.5. The van der Waals surface area contributed by atoms with E-state index >= 15 is 0 Å². The average molecular weight is 448 g/mol. The van der Waals surface area contributed by atoms with Crippen molar-refractivity contribution < 1.29 is 4.92 Å². The fourth-order valence-electron chi connectivity index (χ4n) is 3.23. The second kappa shape index (κ2) is 8.79. The summed E-state index contributed by atoms with van der Waals surface area (Å²) in [6.45, 7) is 4.11. The van der Waals surface area contributed by atoms with Crippen LogP contribution < -0.4 is 0 Å². The van der Waals surface area contributed by atoms with Crippen LogP contribution in [0.5, 0.6) is 0 Å². The van der Waals surface area contributed by atoms with Gasteiger partial charge in [-0.25, -0.2) is 9.98 Å². The van der Waals surface area contributed by atoms with Gasteiger partial charge in [0.25, 0.3) is 5.69 Å². The first-order valence-corrected chi connectivity index (χ1v) is 10.7. The maximum atomic E-state index is 11.0. The van der Waals surface area contributed by atoms with Crippen molar-refractivity contribution in [2.45, 2.75) is 13.8 Å². The van der Waals surface area contributed by atoms with E-state index in [1.807, 2.05) is 24.3 Å². The zero-order chi connectivity index (χ0) is 22.0. The van der Waals surface area contributed by atoms with Gasteiger partial charge in [0.15, 0.2) is 0 Å².